The Morgan fingerprint density at radius 2 is 2.06 bits per heavy atom. The van der Waals surface area contributed by atoms with Gasteiger partial charge in [0.2, 0.25) is 0 Å². The van der Waals surface area contributed by atoms with E-state index in [4.69, 9.17) is 4.74 Å². The second-order valence-electron chi connectivity index (χ2n) is 6.40. The topological polar surface area (TPSA) is 21.3 Å². The van der Waals surface area contributed by atoms with Crippen molar-refractivity contribution < 1.29 is 4.74 Å². The molecule has 2 atom stereocenters. The summed E-state index contributed by atoms with van der Waals surface area (Å²) >= 11 is 0. The molecule has 2 nitrogen and oxygen atoms in total. The first kappa shape index (κ1) is 12.4. The number of ether oxygens (including phenoxy) is 1. The average Bonchev–Trinajstić information content (AvgIpc) is 2.97. The van der Waals surface area contributed by atoms with Gasteiger partial charge in [-0.15, -0.1) is 0 Å². The fraction of sp³-hybridized carbons (Fsp3) is 1.00. The number of nitrogens with one attached hydrogen (secondary N) is 1. The molecule has 0 aromatic carbocycles. The first-order chi connectivity index (χ1) is 7.55. The molecule has 2 heteroatoms. The minimum atomic E-state index is 0.139. The molecule has 16 heavy (non-hydrogen) atoms. The zero-order valence-electron chi connectivity index (χ0n) is 11.1. The van der Waals surface area contributed by atoms with Crippen LogP contribution in [0.15, 0.2) is 0 Å². The molecule has 2 aliphatic rings. The molecule has 1 saturated heterocycles. The van der Waals surface area contributed by atoms with Gasteiger partial charge >= 0.3 is 0 Å². The molecular weight excluding hydrogens is 198 g/mol. The van der Waals surface area contributed by atoms with Gasteiger partial charge < -0.3 is 10.1 Å². The number of rotatable bonds is 6. The van der Waals surface area contributed by atoms with Crippen molar-refractivity contribution >= 4 is 0 Å². The van der Waals surface area contributed by atoms with Crippen molar-refractivity contribution in [3.05, 3.63) is 0 Å². The summed E-state index contributed by atoms with van der Waals surface area (Å²) in [6.45, 7) is 7.98. The van der Waals surface area contributed by atoms with E-state index in [1.807, 2.05) is 0 Å². The molecule has 2 fully saturated rings. The third kappa shape index (κ3) is 4.06. The van der Waals surface area contributed by atoms with Gasteiger partial charge in [0, 0.05) is 6.04 Å². The molecule has 0 spiro atoms. The molecule has 1 aliphatic carbocycles. The third-order valence-corrected chi connectivity index (χ3v) is 3.87. The smallest absolute Gasteiger partial charge is 0.0631 e. The van der Waals surface area contributed by atoms with Crippen LogP contribution >= 0.6 is 0 Å². The van der Waals surface area contributed by atoms with Crippen molar-refractivity contribution in [2.24, 2.45) is 5.92 Å². The molecule has 0 amide bonds. The highest BCUT2D eigenvalue weighted by Gasteiger charge is 2.31. The zero-order valence-corrected chi connectivity index (χ0v) is 11.1. The van der Waals surface area contributed by atoms with Crippen LogP contribution in [0.25, 0.3) is 0 Å². The van der Waals surface area contributed by atoms with Gasteiger partial charge in [0.15, 0.2) is 0 Å². The molecule has 0 aromatic heterocycles. The maximum Gasteiger partial charge on any atom is 0.0631 e. The van der Waals surface area contributed by atoms with Crippen LogP contribution in [-0.4, -0.2) is 24.3 Å². The summed E-state index contributed by atoms with van der Waals surface area (Å²) in [5, 5.41) is 3.61. The summed E-state index contributed by atoms with van der Waals surface area (Å²) in [6, 6.07) is 0.851. The van der Waals surface area contributed by atoms with E-state index in [0.29, 0.717) is 6.10 Å². The van der Waals surface area contributed by atoms with Gasteiger partial charge in [-0.05, 0) is 64.8 Å². The third-order valence-electron chi connectivity index (χ3n) is 3.87. The van der Waals surface area contributed by atoms with Crippen LogP contribution in [-0.2, 0) is 4.74 Å². The van der Waals surface area contributed by atoms with Crippen LogP contribution in [0.1, 0.15) is 59.3 Å². The quantitative estimate of drug-likeness (QED) is 0.750. The minimum Gasteiger partial charge on any atom is -0.372 e. The molecule has 1 saturated carbocycles. The van der Waals surface area contributed by atoms with E-state index in [1.165, 1.54) is 45.1 Å². The summed E-state index contributed by atoms with van der Waals surface area (Å²) in [4.78, 5) is 0. The van der Waals surface area contributed by atoms with Gasteiger partial charge in [0.25, 0.3) is 0 Å². The van der Waals surface area contributed by atoms with E-state index in [9.17, 15) is 0 Å². The molecule has 2 rings (SSSR count). The summed E-state index contributed by atoms with van der Waals surface area (Å²) in [7, 11) is 0. The van der Waals surface area contributed by atoms with E-state index in [1.54, 1.807) is 0 Å². The van der Waals surface area contributed by atoms with Gasteiger partial charge in [-0.1, -0.05) is 6.92 Å². The molecule has 1 aliphatic heterocycles. The largest absolute Gasteiger partial charge is 0.372 e. The Morgan fingerprint density at radius 1 is 1.31 bits per heavy atom. The average molecular weight is 225 g/mol. The predicted molar refractivity (Wildman–Crippen MR) is 67.6 cm³/mol. The Morgan fingerprint density at radius 3 is 2.62 bits per heavy atom. The molecule has 94 valence electrons. The molecule has 1 heterocycles. The van der Waals surface area contributed by atoms with Crippen molar-refractivity contribution in [3.8, 4) is 0 Å². The second-order valence-corrected chi connectivity index (χ2v) is 6.40. The van der Waals surface area contributed by atoms with E-state index in [-0.39, 0.29) is 5.60 Å². The van der Waals surface area contributed by atoms with Gasteiger partial charge in [-0.2, -0.15) is 0 Å². The first-order valence-electron chi connectivity index (χ1n) is 6.96. The summed E-state index contributed by atoms with van der Waals surface area (Å²) in [6.07, 6.45) is 8.36. The SMILES string of the molecule is CC(CCC1CCC(C)(C)O1)CNC1CC1. The van der Waals surface area contributed by atoms with Crippen LogP contribution < -0.4 is 5.32 Å². The monoisotopic (exact) mass is 225 g/mol. The van der Waals surface area contributed by atoms with E-state index >= 15 is 0 Å². The summed E-state index contributed by atoms with van der Waals surface area (Å²) < 4.78 is 6.02. The van der Waals surface area contributed by atoms with Crippen LogP contribution in [0.2, 0.25) is 0 Å². The highest BCUT2D eigenvalue weighted by Crippen LogP contribution is 2.32. The molecular formula is C14H27NO. The Labute approximate surface area is 100 Å². The van der Waals surface area contributed by atoms with E-state index < -0.39 is 0 Å². The van der Waals surface area contributed by atoms with Crippen molar-refractivity contribution in [2.45, 2.75) is 77.0 Å². The zero-order chi connectivity index (χ0) is 11.6. The summed E-state index contributed by atoms with van der Waals surface area (Å²) in [5.74, 6) is 0.799. The standard InChI is InChI=1S/C14H27NO/c1-11(10-15-12-5-6-12)4-7-13-8-9-14(2,3)16-13/h11-13,15H,4-10H2,1-3H3. The molecule has 2 unspecified atom stereocenters. The van der Waals surface area contributed by atoms with Gasteiger partial charge in [-0.3, -0.25) is 0 Å². The second kappa shape index (κ2) is 5.05. The van der Waals surface area contributed by atoms with Gasteiger partial charge in [-0.25, -0.2) is 0 Å². The van der Waals surface area contributed by atoms with Gasteiger partial charge in [0.05, 0.1) is 11.7 Å². The maximum atomic E-state index is 6.02. The Bertz CT molecular complexity index is 223. The molecule has 0 radical (unpaired) electrons. The predicted octanol–water partition coefficient (Wildman–Crippen LogP) is 3.11. The van der Waals surface area contributed by atoms with Crippen molar-refractivity contribution in [3.63, 3.8) is 0 Å². The lowest BCUT2D eigenvalue weighted by molar-refractivity contribution is -0.0202. The Hall–Kier alpha value is -0.0800. The maximum absolute atomic E-state index is 6.02. The minimum absolute atomic E-state index is 0.139. The van der Waals surface area contributed by atoms with Crippen molar-refractivity contribution in [2.75, 3.05) is 6.54 Å². The molecule has 1 N–H and O–H groups in total. The summed E-state index contributed by atoms with van der Waals surface area (Å²) in [5.41, 5.74) is 0.139. The highest BCUT2D eigenvalue weighted by atomic mass is 16.5. The lowest BCUT2D eigenvalue weighted by Crippen LogP contribution is -2.24. The fourth-order valence-corrected chi connectivity index (χ4v) is 2.51. The fourth-order valence-electron chi connectivity index (χ4n) is 2.51. The number of hydrogen-bond donors (Lipinski definition) is 1. The Kier molecular flexibility index (Phi) is 3.91. The van der Waals surface area contributed by atoms with Crippen LogP contribution in [0.5, 0.6) is 0 Å². The van der Waals surface area contributed by atoms with Crippen molar-refractivity contribution in [1.29, 1.82) is 0 Å². The lowest BCUT2D eigenvalue weighted by Gasteiger charge is -2.20. The highest BCUT2D eigenvalue weighted by molar-refractivity contribution is 4.83. The normalized spacial score (nSPS) is 30.6. The first-order valence-corrected chi connectivity index (χ1v) is 6.96. The number of hydrogen-bond acceptors (Lipinski definition) is 2. The molecule has 0 bridgehead atoms. The molecule has 0 aromatic rings. The van der Waals surface area contributed by atoms with Crippen LogP contribution in [0.3, 0.4) is 0 Å². The lowest BCUT2D eigenvalue weighted by atomic mass is 10.00. The van der Waals surface area contributed by atoms with E-state index in [2.05, 4.69) is 26.1 Å². The van der Waals surface area contributed by atoms with Crippen molar-refractivity contribution in [1.82, 2.24) is 5.32 Å². The van der Waals surface area contributed by atoms with Crippen LogP contribution in [0.4, 0.5) is 0 Å². The van der Waals surface area contributed by atoms with Gasteiger partial charge in [0.1, 0.15) is 0 Å². The Balaban J connectivity index is 1.56. The van der Waals surface area contributed by atoms with E-state index in [0.717, 1.165) is 12.0 Å². The van der Waals surface area contributed by atoms with Crippen LogP contribution in [0, 0.1) is 5.92 Å².